The molecule has 28 heavy (non-hydrogen) atoms. The van der Waals surface area contributed by atoms with E-state index in [2.05, 4.69) is 29.2 Å². The van der Waals surface area contributed by atoms with Gasteiger partial charge in [0.2, 0.25) is 5.91 Å². The third-order valence-corrected chi connectivity index (χ3v) is 6.52. The second-order valence-corrected chi connectivity index (χ2v) is 8.45. The Hall–Kier alpha value is -2.08. The van der Waals surface area contributed by atoms with Crippen LogP contribution in [0.4, 0.5) is 4.79 Å². The lowest BCUT2D eigenvalue weighted by atomic mass is 9.77. The molecule has 152 valence electrons. The third-order valence-electron chi connectivity index (χ3n) is 6.52. The first kappa shape index (κ1) is 19.2. The fraction of sp³-hybridized carbons (Fsp3) is 0.636. The van der Waals surface area contributed by atoms with Crippen LogP contribution in [0.2, 0.25) is 0 Å². The number of ether oxygens (including phenoxy) is 1. The van der Waals surface area contributed by atoms with Crippen molar-refractivity contribution < 1.29 is 14.3 Å². The molecular weight excluding hydrogens is 354 g/mol. The van der Waals surface area contributed by atoms with Gasteiger partial charge in [0.05, 0.1) is 13.2 Å². The molecule has 0 radical (unpaired) electrons. The molecule has 3 aliphatic heterocycles. The molecule has 0 aromatic heterocycles. The molecule has 3 aliphatic rings. The lowest BCUT2D eigenvalue weighted by molar-refractivity contribution is -0.127. The molecule has 1 spiro atoms. The van der Waals surface area contributed by atoms with Crippen LogP contribution in [0.1, 0.15) is 31.2 Å². The van der Waals surface area contributed by atoms with Crippen LogP contribution in [0.5, 0.6) is 0 Å². The Bertz CT molecular complexity index is 680. The Morgan fingerprint density at radius 1 is 1.00 bits per heavy atom. The number of carbonyl (C=O) groups is 2. The number of rotatable bonds is 4. The third kappa shape index (κ3) is 4.32. The SMILES string of the molecule is O=C1CC2(CCN(C(=O)N3CCOCC3)CC2)CN1CCCc1ccccc1. The largest absolute Gasteiger partial charge is 0.378 e. The number of amides is 3. The van der Waals surface area contributed by atoms with Crippen molar-refractivity contribution in [2.45, 2.75) is 32.1 Å². The first-order chi connectivity index (χ1) is 13.7. The minimum atomic E-state index is 0.0750. The number of morpholine rings is 1. The smallest absolute Gasteiger partial charge is 0.320 e. The molecule has 0 aliphatic carbocycles. The maximum Gasteiger partial charge on any atom is 0.320 e. The normalized spacial score (nSPS) is 22.1. The highest BCUT2D eigenvalue weighted by atomic mass is 16.5. The van der Waals surface area contributed by atoms with E-state index >= 15 is 0 Å². The molecule has 0 bridgehead atoms. The minimum absolute atomic E-state index is 0.0750. The van der Waals surface area contributed by atoms with Gasteiger partial charge in [-0.2, -0.15) is 0 Å². The lowest BCUT2D eigenvalue weighted by Crippen LogP contribution is -2.52. The number of likely N-dealkylation sites (tertiary alicyclic amines) is 2. The predicted octanol–water partition coefficient (Wildman–Crippen LogP) is 2.39. The Morgan fingerprint density at radius 2 is 1.68 bits per heavy atom. The molecular formula is C22H31N3O3. The van der Waals surface area contributed by atoms with Gasteiger partial charge in [-0.1, -0.05) is 30.3 Å². The quantitative estimate of drug-likeness (QED) is 0.800. The summed E-state index contributed by atoms with van der Waals surface area (Å²) in [7, 11) is 0. The van der Waals surface area contributed by atoms with Gasteiger partial charge in [-0.15, -0.1) is 0 Å². The van der Waals surface area contributed by atoms with Crippen LogP contribution in [-0.4, -0.2) is 79.1 Å². The molecule has 1 aromatic carbocycles. The summed E-state index contributed by atoms with van der Waals surface area (Å²) >= 11 is 0. The number of hydrogen-bond donors (Lipinski definition) is 0. The lowest BCUT2D eigenvalue weighted by Gasteiger charge is -2.41. The van der Waals surface area contributed by atoms with E-state index < -0.39 is 0 Å². The van der Waals surface area contributed by atoms with Crippen LogP contribution in [0.25, 0.3) is 0 Å². The molecule has 0 atom stereocenters. The maximum absolute atomic E-state index is 12.7. The number of aryl methyl sites for hydroxylation is 1. The van der Waals surface area contributed by atoms with Crippen molar-refractivity contribution >= 4 is 11.9 Å². The molecule has 1 aromatic rings. The summed E-state index contributed by atoms with van der Waals surface area (Å²) in [6.45, 7) is 5.88. The van der Waals surface area contributed by atoms with Crippen LogP contribution in [0.3, 0.4) is 0 Å². The first-order valence-electron chi connectivity index (χ1n) is 10.6. The molecule has 3 saturated heterocycles. The fourth-order valence-corrected chi connectivity index (χ4v) is 4.77. The second kappa shape index (κ2) is 8.52. The maximum atomic E-state index is 12.7. The van der Waals surface area contributed by atoms with E-state index in [9.17, 15) is 9.59 Å². The summed E-state index contributed by atoms with van der Waals surface area (Å²) in [5.41, 5.74) is 1.41. The average molecular weight is 386 g/mol. The standard InChI is InChI=1S/C22H31N3O3/c26-20-17-22(18-25(20)10-4-7-19-5-2-1-3-6-19)8-11-23(12-9-22)21(27)24-13-15-28-16-14-24/h1-3,5-6H,4,7-18H2. The Balaban J connectivity index is 1.25. The number of piperidine rings is 1. The van der Waals surface area contributed by atoms with Crippen molar-refractivity contribution in [1.29, 1.82) is 0 Å². The zero-order valence-corrected chi connectivity index (χ0v) is 16.6. The molecule has 0 saturated carbocycles. The van der Waals surface area contributed by atoms with Crippen LogP contribution < -0.4 is 0 Å². The number of urea groups is 1. The molecule has 4 rings (SSSR count). The molecule has 0 N–H and O–H groups in total. The number of nitrogens with zero attached hydrogens (tertiary/aromatic N) is 3. The molecule has 6 nitrogen and oxygen atoms in total. The van der Waals surface area contributed by atoms with E-state index in [0.29, 0.717) is 38.6 Å². The number of carbonyl (C=O) groups excluding carboxylic acids is 2. The summed E-state index contributed by atoms with van der Waals surface area (Å²) < 4.78 is 5.34. The van der Waals surface area contributed by atoms with Crippen molar-refractivity contribution in [2.24, 2.45) is 5.41 Å². The van der Waals surface area contributed by atoms with Gasteiger partial charge in [0.1, 0.15) is 0 Å². The van der Waals surface area contributed by atoms with Crippen LogP contribution in [0, 0.1) is 5.41 Å². The molecule has 6 heteroatoms. The van der Waals surface area contributed by atoms with Crippen molar-refractivity contribution in [1.82, 2.24) is 14.7 Å². The molecule has 3 amide bonds. The monoisotopic (exact) mass is 385 g/mol. The average Bonchev–Trinajstić information content (AvgIpc) is 3.04. The number of benzene rings is 1. The minimum Gasteiger partial charge on any atom is -0.378 e. The Morgan fingerprint density at radius 3 is 2.39 bits per heavy atom. The molecule has 3 fully saturated rings. The summed E-state index contributed by atoms with van der Waals surface area (Å²) in [6.07, 6.45) is 4.54. The van der Waals surface area contributed by atoms with Gasteiger partial charge in [-0.05, 0) is 31.2 Å². The van der Waals surface area contributed by atoms with Gasteiger partial charge in [-0.25, -0.2) is 4.79 Å². The fourth-order valence-electron chi connectivity index (χ4n) is 4.77. The van der Waals surface area contributed by atoms with Gasteiger partial charge >= 0.3 is 6.03 Å². The van der Waals surface area contributed by atoms with Crippen molar-refractivity contribution in [3.8, 4) is 0 Å². The topological polar surface area (TPSA) is 53.1 Å². The zero-order valence-electron chi connectivity index (χ0n) is 16.6. The summed E-state index contributed by atoms with van der Waals surface area (Å²) in [5, 5.41) is 0. The first-order valence-corrected chi connectivity index (χ1v) is 10.6. The van der Waals surface area contributed by atoms with E-state index in [1.54, 1.807) is 0 Å². The predicted molar refractivity (Wildman–Crippen MR) is 107 cm³/mol. The van der Waals surface area contributed by atoms with E-state index in [0.717, 1.165) is 51.9 Å². The highest BCUT2D eigenvalue weighted by Gasteiger charge is 2.45. The van der Waals surface area contributed by atoms with Crippen LogP contribution in [0.15, 0.2) is 30.3 Å². The zero-order chi connectivity index (χ0) is 19.4. The van der Waals surface area contributed by atoms with E-state index in [4.69, 9.17) is 4.74 Å². The molecule has 0 unspecified atom stereocenters. The van der Waals surface area contributed by atoms with Crippen molar-refractivity contribution in [3.05, 3.63) is 35.9 Å². The van der Waals surface area contributed by atoms with Gasteiger partial charge in [-0.3, -0.25) is 4.79 Å². The van der Waals surface area contributed by atoms with Gasteiger partial charge < -0.3 is 19.4 Å². The number of hydrogen-bond acceptors (Lipinski definition) is 3. The second-order valence-electron chi connectivity index (χ2n) is 8.45. The van der Waals surface area contributed by atoms with Gasteiger partial charge in [0.15, 0.2) is 0 Å². The Kier molecular flexibility index (Phi) is 5.85. The van der Waals surface area contributed by atoms with Crippen LogP contribution >= 0.6 is 0 Å². The van der Waals surface area contributed by atoms with Crippen LogP contribution in [-0.2, 0) is 16.0 Å². The van der Waals surface area contributed by atoms with Gasteiger partial charge in [0.25, 0.3) is 0 Å². The van der Waals surface area contributed by atoms with Crippen molar-refractivity contribution in [2.75, 3.05) is 52.5 Å². The highest BCUT2D eigenvalue weighted by molar-refractivity contribution is 5.80. The Labute approximate surface area is 167 Å². The van der Waals surface area contributed by atoms with Gasteiger partial charge in [0, 0.05) is 51.1 Å². The summed E-state index contributed by atoms with van der Waals surface area (Å²) in [4.78, 5) is 31.2. The van der Waals surface area contributed by atoms with E-state index in [1.807, 2.05) is 15.9 Å². The highest BCUT2D eigenvalue weighted by Crippen LogP contribution is 2.41. The molecule has 3 heterocycles. The summed E-state index contributed by atoms with van der Waals surface area (Å²) in [5.74, 6) is 0.293. The summed E-state index contributed by atoms with van der Waals surface area (Å²) in [6, 6.07) is 10.6. The van der Waals surface area contributed by atoms with E-state index in [-0.39, 0.29) is 11.4 Å². The van der Waals surface area contributed by atoms with Crippen molar-refractivity contribution in [3.63, 3.8) is 0 Å². The van der Waals surface area contributed by atoms with E-state index in [1.165, 1.54) is 5.56 Å².